The third-order valence-corrected chi connectivity index (χ3v) is 5.60. The van der Waals surface area contributed by atoms with E-state index in [2.05, 4.69) is 0 Å². The molecule has 0 unspecified atom stereocenters. The second-order valence-electron chi connectivity index (χ2n) is 7.25. The number of carbonyl (C=O) groups is 1. The fraction of sp³-hybridized carbons (Fsp3) is 0.632. The lowest BCUT2D eigenvalue weighted by Gasteiger charge is -2.23. The fourth-order valence-corrected chi connectivity index (χ4v) is 3.96. The summed E-state index contributed by atoms with van der Waals surface area (Å²) in [6.07, 6.45) is 0.187. The van der Waals surface area contributed by atoms with E-state index in [0.29, 0.717) is 54.9 Å². The van der Waals surface area contributed by atoms with Crippen LogP contribution in [0.5, 0.6) is 11.5 Å². The van der Waals surface area contributed by atoms with Crippen LogP contribution in [0.25, 0.3) is 0 Å². The number of aliphatic hydroxyl groups is 2. The second-order valence-corrected chi connectivity index (χ2v) is 7.66. The molecule has 2 heterocycles. The maximum Gasteiger partial charge on any atom is 0.227 e. The van der Waals surface area contributed by atoms with E-state index >= 15 is 0 Å². The zero-order chi connectivity index (χ0) is 19.4. The van der Waals surface area contributed by atoms with Gasteiger partial charge in [-0.2, -0.15) is 0 Å². The van der Waals surface area contributed by atoms with Gasteiger partial charge >= 0.3 is 0 Å². The average Bonchev–Trinajstić information content (AvgIpc) is 3.05. The van der Waals surface area contributed by atoms with Crippen molar-refractivity contribution in [3.05, 3.63) is 22.7 Å². The van der Waals surface area contributed by atoms with Crippen LogP contribution in [0.15, 0.2) is 12.1 Å². The van der Waals surface area contributed by atoms with Gasteiger partial charge in [-0.15, -0.1) is 0 Å². The molecule has 0 aliphatic carbocycles. The van der Waals surface area contributed by atoms with Gasteiger partial charge < -0.3 is 29.5 Å². The monoisotopic (exact) mass is 398 g/mol. The molecular weight excluding hydrogens is 372 g/mol. The molecule has 8 heteroatoms. The Balaban J connectivity index is 1.64. The van der Waals surface area contributed by atoms with Crippen LogP contribution in [0.1, 0.15) is 5.56 Å². The largest absolute Gasteiger partial charge is 0.486 e. The van der Waals surface area contributed by atoms with Crippen molar-refractivity contribution in [3.8, 4) is 11.5 Å². The van der Waals surface area contributed by atoms with Gasteiger partial charge in [0.1, 0.15) is 13.2 Å². The highest BCUT2D eigenvalue weighted by atomic mass is 35.5. The number of likely N-dealkylation sites (tertiary alicyclic amines) is 1. The molecule has 0 aromatic heterocycles. The lowest BCUT2D eigenvalue weighted by atomic mass is 9.96. The van der Waals surface area contributed by atoms with Crippen molar-refractivity contribution in [3.63, 3.8) is 0 Å². The average molecular weight is 399 g/mol. The Bertz CT molecular complexity index is 672. The zero-order valence-electron chi connectivity index (χ0n) is 15.6. The number of fused-ring (bicyclic) bond motifs is 1. The third kappa shape index (κ3) is 4.85. The number of nitrogens with zero attached hydrogens (tertiary/aromatic N) is 2. The Hall–Kier alpha value is -1.54. The first-order valence-electron chi connectivity index (χ1n) is 9.28. The summed E-state index contributed by atoms with van der Waals surface area (Å²) in [4.78, 5) is 16.6. The number of ether oxygens (including phenoxy) is 2. The number of aliphatic hydroxyl groups excluding tert-OH is 2. The highest BCUT2D eigenvalue weighted by Gasteiger charge is 2.35. The smallest absolute Gasteiger partial charge is 0.227 e. The van der Waals surface area contributed by atoms with Gasteiger partial charge in [-0.05, 0) is 24.6 Å². The first-order chi connectivity index (χ1) is 13.0. The summed E-state index contributed by atoms with van der Waals surface area (Å²) in [6, 6.07) is 3.48. The Morgan fingerprint density at radius 1 is 1.22 bits per heavy atom. The molecular formula is C19H27ClN2O5. The standard InChI is InChI=1S/C19H27ClN2O5/c1-21(2-3-23)9-14-10-22(11-15(14)12-24)19(25)7-13-6-17-18(8-16(13)20)27-5-4-26-17/h6,8,14-15,23-24H,2-5,7,9-12H2,1H3/t14-,15-/m1/s1. The molecule has 0 spiro atoms. The van der Waals surface area contributed by atoms with Crippen LogP contribution < -0.4 is 9.47 Å². The maximum atomic E-state index is 12.8. The van der Waals surface area contributed by atoms with Gasteiger partial charge in [0.25, 0.3) is 0 Å². The number of likely N-dealkylation sites (N-methyl/N-ethyl adjacent to an activating group) is 1. The van der Waals surface area contributed by atoms with Crippen molar-refractivity contribution >= 4 is 17.5 Å². The Kier molecular flexibility index (Phi) is 6.81. The molecule has 0 saturated carbocycles. The summed E-state index contributed by atoms with van der Waals surface area (Å²) in [5.41, 5.74) is 0.715. The minimum Gasteiger partial charge on any atom is -0.486 e. The predicted octanol–water partition coefficient (Wildman–Crippen LogP) is 0.645. The Morgan fingerprint density at radius 2 is 1.89 bits per heavy atom. The molecule has 2 atom stereocenters. The van der Waals surface area contributed by atoms with Crippen molar-refractivity contribution in [1.29, 1.82) is 0 Å². The number of carbonyl (C=O) groups excluding carboxylic acids is 1. The zero-order valence-corrected chi connectivity index (χ0v) is 16.3. The third-order valence-electron chi connectivity index (χ3n) is 5.24. The van der Waals surface area contributed by atoms with Crippen LogP contribution in [-0.2, 0) is 11.2 Å². The summed E-state index contributed by atoms with van der Waals surface area (Å²) in [6.45, 7) is 3.57. The van der Waals surface area contributed by atoms with E-state index in [0.717, 1.165) is 6.54 Å². The topological polar surface area (TPSA) is 82.5 Å². The van der Waals surface area contributed by atoms with E-state index in [9.17, 15) is 9.90 Å². The van der Waals surface area contributed by atoms with E-state index in [1.807, 2.05) is 11.9 Å². The van der Waals surface area contributed by atoms with Crippen LogP contribution in [-0.4, -0.2) is 85.6 Å². The molecule has 2 aliphatic heterocycles. The number of rotatable bonds is 7. The Labute approximate surface area is 164 Å². The minimum absolute atomic E-state index is 0.0145. The van der Waals surface area contributed by atoms with Crippen molar-refractivity contribution in [1.82, 2.24) is 9.80 Å². The van der Waals surface area contributed by atoms with Crippen LogP contribution in [0.2, 0.25) is 5.02 Å². The number of hydrogen-bond donors (Lipinski definition) is 2. The number of amides is 1. The van der Waals surface area contributed by atoms with E-state index in [-0.39, 0.29) is 37.4 Å². The van der Waals surface area contributed by atoms with Crippen LogP contribution in [0, 0.1) is 11.8 Å². The highest BCUT2D eigenvalue weighted by molar-refractivity contribution is 6.31. The minimum atomic E-state index is -0.0145. The lowest BCUT2D eigenvalue weighted by Crippen LogP contribution is -2.34. The van der Waals surface area contributed by atoms with E-state index in [1.165, 1.54) is 0 Å². The number of hydrogen-bond acceptors (Lipinski definition) is 6. The molecule has 1 amide bonds. The van der Waals surface area contributed by atoms with Gasteiger partial charge in [0.2, 0.25) is 5.91 Å². The lowest BCUT2D eigenvalue weighted by molar-refractivity contribution is -0.129. The molecule has 150 valence electrons. The quantitative estimate of drug-likeness (QED) is 0.701. The van der Waals surface area contributed by atoms with Crippen molar-refractivity contribution in [2.24, 2.45) is 11.8 Å². The van der Waals surface area contributed by atoms with Gasteiger partial charge in [-0.1, -0.05) is 11.6 Å². The van der Waals surface area contributed by atoms with Crippen LogP contribution in [0.3, 0.4) is 0 Å². The van der Waals surface area contributed by atoms with Gasteiger partial charge in [-0.25, -0.2) is 0 Å². The summed E-state index contributed by atoms with van der Waals surface area (Å²) >= 11 is 6.32. The molecule has 0 bridgehead atoms. The fourth-order valence-electron chi connectivity index (χ4n) is 3.73. The molecule has 2 N–H and O–H groups in total. The molecule has 2 aliphatic rings. The van der Waals surface area contributed by atoms with E-state index in [4.69, 9.17) is 26.2 Å². The van der Waals surface area contributed by atoms with Gasteiger partial charge in [0.15, 0.2) is 11.5 Å². The summed E-state index contributed by atoms with van der Waals surface area (Å²) < 4.78 is 11.1. The SMILES string of the molecule is CN(CCO)C[C@@H]1CN(C(=O)Cc2cc3c(cc2Cl)OCCO3)C[C@@H]1CO. The van der Waals surface area contributed by atoms with Crippen LogP contribution >= 0.6 is 11.6 Å². The molecule has 7 nitrogen and oxygen atoms in total. The second kappa shape index (κ2) is 9.10. The molecule has 1 saturated heterocycles. The number of benzene rings is 1. The maximum absolute atomic E-state index is 12.8. The molecule has 27 heavy (non-hydrogen) atoms. The molecule has 0 radical (unpaired) electrons. The first-order valence-corrected chi connectivity index (χ1v) is 9.65. The van der Waals surface area contributed by atoms with E-state index < -0.39 is 0 Å². The highest BCUT2D eigenvalue weighted by Crippen LogP contribution is 2.36. The van der Waals surface area contributed by atoms with Crippen molar-refractivity contribution in [2.45, 2.75) is 6.42 Å². The van der Waals surface area contributed by atoms with Crippen molar-refractivity contribution in [2.75, 3.05) is 59.7 Å². The van der Waals surface area contributed by atoms with Gasteiger partial charge in [0, 0.05) is 49.8 Å². The first kappa shape index (κ1) is 20.2. The van der Waals surface area contributed by atoms with Crippen molar-refractivity contribution < 1.29 is 24.5 Å². The molecule has 3 rings (SSSR count). The molecule has 1 fully saturated rings. The van der Waals surface area contributed by atoms with Gasteiger partial charge in [0.05, 0.1) is 13.0 Å². The molecule has 1 aromatic rings. The summed E-state index contributed by atoms with van der Waals surface area (Å²) in [5, 5.41) is 19.2. The molecule has 1 aromatic carbocycles. The summed E-state index contributed by atoms with van der Waals surface area (Å²) in [7, 11) is 1.93. The predicted molar refractivity (Wildman–Crippen MR) is 101 cm³/mol. The van der Waals surface area contributed by atoms with Gasteiger partial charge in [-0.3, -0.25) is 4.79 Å². The van der Waals surface area contributed by atoms with E-state index in [1.54, 1.807) is 17.0 Å². The summed E-state index contributed by atoms with van der Waals surface area (Å²) in [5.74, 6) is 1.44. The van der Waals surface area contributed by atoms with Crippen LogP contribution in [0.4, 0.5) is 0 Å². The Morgan fingerprint density at radius 3 is 2.56 bits per heavy atom. The number of halogens is 1. The normalized spacial score (nSPS) is 21.7.